The summed E-state index contributed by atoms with van der Waals surface area (Å²) in [6.45, 7) is 0.642. The Hall–Kier alpha value is -2.87. The van der Waals surface area contributed by atoms with Gasteiger partial charge in [0.15, 0.2) is 0 Å². The topological polar surface area (TPSA) is 125 Å². The normalized spacial score (nSPS) is 16.5. The summed E-state index contributed by atoms with van der Waals surface area (Å²) < 4.78 is 0. The lowest BCUT2D eigenvalue weighted by Gasteiger charge is -2.33. The number of aromatic nitrogens is 4. The van der Waals surface area contributed by atoms with Crippen molar-refractivity contribution in [2.45, 2.75) is 37.6 Å². The van der Waals surface area contributed by atoms with Gasteiger partial charge in [-0.05, 0) is 25.0 Å². The molecule has 0 saturated heterocycles. The fraction of sp³-hybridized carbons (Fsp3) is 0.389. The van der Waals surface area contributed by atoms with Crippen LogP contribution in [-0.2, 0) is 0 Å². The highest BCUT2D eigenvalue weighted by molar-refractivity contribution is 5.77. The molecule has 3 aliphatic rings. The molecule has 0 aromatic carbocycles. The van der Waals surface area contributed by atoms with Crippen LogP contribution in [0.5, 0.6) is 0 Å². The molecule has 136 valence electrons. The van der Waals surface area contributed by atoms with Crippen LogP contribution in [0.15, 0.2) is 35.5 Å². The number of nitrogens with two attached hydrogens (primary N) is 1. The Bertz CT molecular complexity index is 896. The van der Waals surface area contributed by atoms with Crippen LogP contribution in [0, 0.1) is 0 Å². The van der Waals surface area contributed by atoms with E-state index >= 15 is 0 Å². The van der Waals surface area contributed by atoms with Crippen molar-refractivity contribution in [1.29, 1.82) is 0 Å². The number of aromatic amines is 2. The Morgan fingerprint density at radius 2 is 2.12 bits per heavy atom. The van der Waals surface area contributed by atoms with Crippen molar-refractivity contribution in [2.75, 3.05) is 17.2 Å². The lowest BCUT2D eigenvalue weighted by atomic mass is 9.82. The van der Waals surface area contributed by atoms with Crippen LogP contribution in [0.1, 0.15) is 32.1 Å². The lowest BCUT2D eigenvalue weighted by Crippen LogP contribution is -2.47. The van der Waals surface area contributed by atoms with E-state index in [9.17, 15) is 4.79 Å². The van der Waals surface area contributed by atoms with Crippen molar-refractivity contribution in [2.24, 2.45) is 5.73 Å². The van der Waals surface area contributed by atoms with E-state index in [1.807, 2.05) is 12.1 Å². The van der Waals surface area contributed by atoms with Crippen molar-refractivity contribution in [3.63, 3.8) is 0 Å². The molecule has 0 atom stereocenters. The smallest absolute Gasteiger partial charge is 0.261 e. The summed E-state index contributed by atoms with van der Waals surface area (Å²) in [6.07, 6.45) is 10.6. The van der Waals surface area contributed by atoms with E-state index in [0.717, 1.165) is 18.5 Å². The van der Waals surface area contributed by atoms with Crippen molar-refractivity contribution in [3.05, 3.63) is 41.1 Å². The average molecular weight is 353 g/mol. The molecule has 8 heteroatoms. The van der Waals surface area contributed by atoms with Gasteiger partial charge in [0.05, 0.1) is 17.6 Å². The predicted octanol–water partition coefficient (Wildman–Crippen LogP) is 2.41. The number of rotatable bonds is 5. The Morgan fingerprint density at radius 1 is 1.27 bits per heavy atom. The molecule has 0 bridgehead atoms. The fourth-order valence-corrected chi connectivity index (χ4v) is 3.50. The van der Waals surface area contributed by atoms with Gasteiger partial charge >= 0.3 is 0 Å². The molecule has 4 rings (SSSR count). The molecule has 6 N–H and O–H groups in total. The second-order valence-electron chi connectivity index (χ2n) is 6.98. The van der Waals surface area contributed by atoms with Gasteiger partial charge in [0.1, 0.15) is 11.4 Å². The SMILES string of the molecule is NC1(CNc2nc(Nc3cccnc3)c3c(=O)[nH]cc-3[nH]2)CCCCC1. The van der Waals surface area contributed by atoms with Crippen LogP contribution < -0.4 is 21.9 Å². The molecule has 1 fully saturated rings. The van der Waals surface area contributed by atoms with Gasteiger partial charge in [-0.25, -0.2) is 0 Å². The highest BCUT2D eigenvalue weighted by Crippen LogP contribution is 2.29. The zero-order chi connectivity index (χ0) is 18.0. The van der Waals surface area contributed by atoms with Crippen LogP contribution in [0.25, 0.3) is 11.3 Å². The average Bonchev–Trinajstić information content (AvgIpc) is 3.03. The van der Waals surface area contributed by atoms with E-state index in [-0.39, 0.29) is 11.1 Å². The van der Waals surface area contributed by atoms with Gasteiger partial charge in [0.2, 0.25) is 5.95 Å². The molecule has 8 nitrogen and oxygen atoms in total. The third-order valence-corrected chi connectivity index (χ3v) is 4.94. The number of H-pyrrole nitrogens is 2. The maximum atomic E-state index is 12.1. The van der Waals surface area contributed by atoms with Crippen LogP contribution in [-0.4, -0.2) is 32.0 Å². The van der Waals surface area contributed by atoms with Gasteiger partial charge in [-0.3, -0.25) is 9.78 Å². The minimum absolute atomic E-state index is 0.190. The number of hydrogen-bond acceptors (Lipinski definition) is 6. The second kappa shape index (κ2) is 6.80. The van der Waals surface area contributed by atoms with Crippen LogP contribution in [0.4, 0.5) is 17.5 Å². The minimum atomic E-state index is -0.207. The quantitative estimate of drug-likeness (QED) is 0.480. The van der Waals surface area contributed by atoms with Crippen molar-refractivity contribution in [1.82, 2.24) is 19.9 Å². The summed E-state index contributed by atoms with van der Waals surface area (Å²) in [4.78, 5) is 26.7. The lowest BCUT2D eigenvalue weighted by molar-refractivity contribution is 0.311. The zero-order valence-corrected chi connectivity index (χ0v) is 14.5. The summed E-state index contributed by atoms with van der Waals surface area (Å²) in [7, 11) is 0. The standard InChI is InChI=1S/C18H23N7O/c19-18(6-2-1-3-7-18)11-22-17-24-13-10-21-16(26)14(13)15(25-17)23-12-5-4-8-20-9-12/h4-5,8-10,23H,1-3,6-7,11,19H2,(H,21,26)(H2,22,24,25). The molecule has 1 saturated carbocycles. The first-order chi connectivity index (χ1) is 12.6. The van der Waals surface area contributed by atoms with E-state index in [1.54, 1.807) is 18.6 Å². The molecular formula is C18H23N7O. The number of anilines is 3. The Morgan fingerprint density at radius 3 is 2.88 bits per heavy atom. The number of nitrogens with zero attached hydrogens (tertiary/aromatic N) is 2. The number of nitrogens with one attached hydrogen (secondary N) is 4. The third-order valence-electron chi connectivity index (χ3n) is 4.94. The summed E-state index contributed by atoms with van der Waals surface area (Å²) in [5.41, 5.74) is 8.04. The van der Waals surface area contributed by atoms with Crippen molar-refractivity contribution >= 4 is 17.5 Å². The summed E-state index contributed by atoms with van der Waals surface area (Å²) in [5.74, 6) is 1.06. The number of pyridine rings is 1. The van der Waals surface area contributed by atoms with Gasteiger partial charge in [-0.1, -0.05) is 19.3 Å². The minimum Gasteiger partial charge on any atom is -0.354 e. The summed E-state index contributed by atoms with van der Waals surface area (Å²) >= 11 is 0. The predicted molar refractivity (Wildman–Crippen MR) is 102 cm³/mol. The monoisotopic (exact) mass is 353 g/mol. The zero-order valence-electron chi connectivity index (χ0n) is 14.5. The molecule has 0 radical (unpaired) electrons. The van der Waals surface area contributed by atoms with Gasteiger partial charge in [0.25, 0.3) is 5.56 Å². The van der Waals surface area contributed by atoms with E-state index in [1.165, 1.54) is 19.3 Å². The van der Waals surface area contributed by atoms with Gasteiger partial charge in [-0.2, -0.15) is 4.98 Å². The largest absolute Gasteiger partial charge is 0.354 e. The van der Waals surface area contributed by atoms with Crippen LogP contribution in [0.2, 0.25) is 0 Å². The molecule has 2 aliphatic heterocycles. The van der Waals surface area contributed by atoms with Crippen LogP contribution >= 0.6 is 0 Å². The molecule has 1 aromatic rings. The molecule has 1 aliphatic carbocycles. The third kappa shape index (κ3) is 3.41. The highest BCUT2D eigenvalue weighted by atomic mass is 16.1. The first-order valence-electron chi connectivity index (χ1n) is 8.94. The van der Waals surface area contributed by atoms with E-state index < -0.39 is 0 Å². The van der Waals surface area contributed by atoms with E-state index in [4.69, 9.17) is 5.73 Å². The highest BCUT2D eigenvalue weighted by Gasteiger charge is 2.27. The maximum Gasteiger partial charge on any atom is 0.261 e. The Balaban J connectivity index is 1.61. The molecule has 1 aromatic heterocycles. The molecule has 0 amide bonds. The molecule has 0 spiro atoms. The fourth-order valence-electron chi connectivity index (χ4n) is 3.50. The van der Waals surface area contributed by atoms with Gasteiger partial charge in [0, 0.05) is 24.5 Å². The summed E-state index contributed by atoms with van der Waals surface area (Å²) in [5, 5.41) is 6.50. The van der Waals surface area contributed by atoms with Crippen molar-refractivity contribution in [3.8, 4) is 11.3 Å². The summed E-state index contributed by atoms with van der Waals surface area (Å²) in [6, 6.07) is 3.70. The Labute approximate surface area is 151 Å². The first-order valence-corrected chi connectivity index (χ1v) is 8.94. The van der Waals surface area contributed by atoms with Crippen molar-refractivity contribution < 1.29 is 0 Å². The van der Waals surface area contributed by atoms with Gasteiger partial charge < -0.3 is 26.3 Å². The molecule has 3 heterocycles. The van der Waals surface area contributed by atoms with Gasteiger partial charge in [-0.15, -0.1) is 0 Å². The molecular weight excluding hydrogens is 330 g/mol. The Kier molecular flexibility index (Phi) is 4.34. The second-order valence-corrected chi connectivity index (χ2v) is 6.98. The maximum absolute atomic E-state index is 12.1. The molecule has 26 heavy (non-hydrogen) atoms. The number of fused-ring (bicyclic) bond motifs is 1. The van der Waals surface area contributed by atoms with E-state index in [0.29, 0.717) is 29.6 Å². The van der Waals surface area contributed by atoms with Crippen LogP contribution in [0.3, 0.4) is 0 Å². The molecule has 0 unspecified atom stereocenters. The first kappa shape index (κ1) is 16.6. The number of hydrogen-bond donors (Lipinski definition) is 5. The van der Waals surface area contributed by atoms with E-state index in [2.05, 4.69) is 30.6 Å².